The van der Waals surface area contributed by atoms with E-state index in [-0.39, 0.29) is 17.9 Å². The number of aromatic nitrogens is 1. The summed E-state index contributed by atoms with van der Waals surface area (Å²) in [6.45, 7) is 3.07. The number of hydrogen-bond donors (Lipinski definition) is 1. The summed E-state index contributed by atoms with van der Waals surface area (Å²) in [4.78, 5) is 31.4. The molecule has 2 amide bonds. The van der Waals surface area contributed by atoms with Gasteiger partial charge in [0.25, 0.3) is 5.91 Å². The van der Waals surface area contributed by atoms with Gasteiger partial charge < -0.3 is 19.5 Å². The van der Waals surface area contributed by atoms with Gasteiger partial charge in [-0.25, -0.2) is 0 Å². The largest absolute Gasteiger partial charge is 0.378 e. The summed E-state index contributed by atoms with van der Waals surface area (Å²) in [5, 5.41) is 0. The van der Waals surface area contributed by atoms with E-state index in [4.69, 9.17) is 4.74 Å². The predicted molar refractivity (Wildman–Crippen MR) is 72.3 cm³/mol. The Morgan fingerprint density at radius 3 is 2.75 bits per heavy atom. The first-order valence-electron chi connectivity index (χ1n) is 7.08. The van der Waals surface area contributed by atoms with Crippen LogP contribution in [0.2, 0.25) is 0 Å². The van der Waals surface area contributed by atoms with Gasteiger partial charge in [-0.1, -0.05) is 0 Å². The third-order valence-corrected chi connectivity index (χ3v) is 3.95. The molecule has 2 saturated heterocycles. The number of aromatic amines is 1. The second-order valence-corrected chi connectivity index (χ2v) is 5.18. The van der Waals surface area contributed by atoms with Crippen molar-refractivity contribution in [3.63, 3.8) is 0 Å². The Hall–Kier alpha value is -1.82. The first-order chi connectivity index (χ1) is 9.77. The Morgan fingerprint density at radius 1 is 1.25 bits per heavy atom. The van der Waals surface area contributed by atoms with Crippen molar-refractivity contribution in [1.82, 2.24) is 14.8 Å². The molecule has 108 valence electrons. The van der Waals surface area contributed by atoms with Crippen molar-refractivity contribution >= 4 is 11.8 Å². The van der Waals surface area contributed by atoms with Gasteiger partial charge in [0, 0.05) is 25.8 Å². The number of ether oxygens (including phenoxy) is 1. The smallest absolute Gasteiger partial charge is 0.270 e. The van der Waals surface area contributed by atoms with E-state index in [1.54, 1.807) is 23.2 Å². The lowest BCUT2D eigenvalue weighted by Gasteiger charge is -2.32. The van der Waals surface area contributed by atoms with E-state index in [2.05, 4.69) is 4.98 Å². The van der Waals surface area contributed by atoms with Crippen molar-refractivity contribution in [2.24, 2.45) is 0 Å². The molecule has 6 heteroatoms. The third-order valence-electron chi connectivity index (χ3n) is 3.95. The molecule has 1 atom stereocenters. The molecule has 3 rings (SSSR count). The second kappa shape index (κ2) is 5.66. The minimum absolute atomic E-state index is 0.0608. The van der Waals surface area contributed by atoms with Crippen LogP contribution in [0.3, 0.4) is 0 Å². The third kappa shape index (κ3) is 2.43. The van der Waals surface area contributed by atoms with Gasteiger partial charge in [-0.05, 0) is 25.0 Å². The molecule has 20 heavy (non-hydrogen) atoms. The van der Waals surface area contributed by atoms with Crippen molar-refractivity contribution in [2.75, 3.05) is 32.8 Å². The fraction of sp³-hybridized carbons (Fsp3) is 0.571. The maximum Gasteiger partial charge on any atom is 0.270 e. The van der Waals surface area contributed by atoms with Gasteiger partial charge in [0.1, 0.15) is 11.7 Å². The Labute approximate surface area is 117 Å². The maximum atomic E-state index is 12.6. The van der Waals surface area contributed by atoms with Crippen LogP contribution < -0.4 is 0 Å². The van der Waals surface area contributed by atoms with E-state index in [9.17, 15) is 9.59 Å². The highest BCUT2D eigenvalue weighted by Gasteiger charge is 2.37. The van der Waals surface area contributed by atoms with Gasteiger partial charge in [0.05, 0.1) is 13.2 Å². The highest BCUT2D eigenvalue weighted by molar-refractivity contribution is 5.96. The monoisotopic (exact) mass is 277 g/mol. The normalized spacial score (nSPS) is 23.1. The molecule has 0 radical (unpaired) electrons. The van der Waals surface area contributed by atoms with Crippen LogP contribution in [0, 0.1) is 0 Å². The van der Waals surface area contributed by atoms with Crippen molar-refractivity contribution in [2.45, 2.75) is 18.9 Å². The molecule has 2 fully saturated rings. The predicted octanol–water partition coefficient (Wildman–Crippen LogP) is 0.478. The highest BCUT2D eigenvalue weighted by atomic mass is 16.5. The Bertz CT molecular complexity index is 480. The molecular weight excluding hydrogens is 258 g/mol. The van der Waals surface area contributed by atoms with E-state index in [0.717, 1.165) is 12.8 Å². The molecule has 0 saturated carbocycles. The molecule has 0 aromatic carbocycles. The lowest BCUT2D eigenvalue weighted by Crippen LogP contribution is -2.51. The molecule has 1 N–H and O–H groups in total. The standard InChI is InChI=1S/C14H19N3O3/c18-13(11-3-1-5-15-11)17-6-2-4-12(17)14(19)16-7-9-20-10-8-16/h1,3,5,12,15H,2,4,6-10H2. The number of rotatable bonds is 2. The molecule has 1 aromatic rings. The van der Waals surface area contributed by atoms with Crippen LogP contribution in [0.15, 0.2) is 18.3 Å². The van der Waals surface area contributed by atoms with Crippen LogP contribution in [-0.2, 0) is 9.53 Å². The number of likely N-dealkylation sites (tertiary alicyclic amines) is 1. The number of H-pyrrole nitrogens is 1. The highest BCUT2D eigenvalue weighted by Crippen LogP contribution is 2.22. The van der Waals surface area contributed by atoms with E-state index >= 15 is 0 Å². The van der Waals surface area contributed by atoms with Crippen molar-refractivity contribution in [3.8, 4) is 0 Å². The molecule has 6 nitrogen and oxygen atoms in total. The van der Waals surface area contributed by atoms with Crippen molar-refractivity contribution in [3.05, 3.63) is 24.0 Å². The SMILES string of the molecule is O=C(C1CCCN1C(=O)c1ccc[nH]1)N1CCOCC1. The van der Waals surface area contributed by atoms with E-state index in [1.165, 1.54) is 0 Å². The molecule has 0 bridgehead atoms. The molecule has 0 aliphatic carbocycles. The van der Waals surface area contributed by atoms with Crippen LogP contribution in [0.25, 0.3) is 0 Å². The fourth-order valence-corrected chi connectivity index (χ4v) is 2.88. The first kappa shape index (κ1) is 13.2. The zero-order valence-electron chi connectivity index (χ0n) is 11.4. The number of carbonyl (C=O) groups is 2. The van der Waals surface area contributed by atoms with Crippen LogP contribution in [0.1, 0.15) is 23.3 Å². The topological polar surface area (TPSA) is 65.6 Å². The molecule has 2 aliphatic rings. The zero-order chi connectivity index (χ0) is 13.9. The van der Waals surface area contributed by atoms with E-state index < -0.39 is 0 Å². The number of carbonyl (C=O) groups excluding carboxylic acids is 2. The Balaban J connectivity index is 1.71. The number of nitrogens with one attached hydrogen (secondary N) is 1. The average Bonchev–Trinajstić information content (AvgIpc) is 3.18. The summed E-state index contributed by atoms with van der Waals surface area (Å²) in [6.07, 6.45) is 3.36. The maximum absolute atomic E-state index is 12.6. The van der Waals surface area contributed by atoms with Crippen LogP contribution in [0.5, 0.6) is 0 Å². The second-order valence-electron chi connectivity index (χ2n) is 5.18. The fourth-order valence-electron chi connectivity index (χ4n) is 2.88. The van der Waals surface area contributed by atoms with Gasteiger partial charge in [0.2, 0.25) is 5.91 Å². The Morgan fingerprint density at radius 2 is 2.05 bits per heavy atom. The molecule has 1 unspecified atom stereocenters. The molecule has 3 heterocycles. The van der Waals surface area contributed by atoms with Crippen LogP contribution in [-0.4, -0.2) is 65.5 Å². The lowest BCUT2D eigenvalue weighted by atomic mass is 10.1. The summed E-state index contributed by atoms with van der Waals surface area (Å²) < 4.78 is 5.27. The van der Waals surface area contributed by atoms with Gasteiger partial charge in [-0.15, -0.1) is 0 Å². The first-order valence-corrected chi connectivity index (χ1v) is 7.08. The van der Waals surface area contributed by atoms with E-state index in [1.807, 2.05) is 4.90 Å². The van der Waals surface area contributed by atoms with E-state index in [0.29, 0.717) is 38.5 Å². The quantitative estimate of drug-likeness (QED) is 0.855. The zero-order valence-corrected chi connectivity index (χ0v) is 11.4. The summed E-state index contributed by atoms with van der Waals surface area (Å²) >= 11 is 0. The molecule has 0 spiro atoms. The minimum Gasteiger partial charge on any atom is -0.378 e. The number of nitrogens with zero attached hydrogens (tertiary/aromatic N) is 2. The number of morpholine rings is 1. The van der Waals surface area contributed by atoms with Crippen molar-refractivity contribution < 1.29 is 14.3 Å². The summed E-state index contributed by atoms with van der Waals surface area (Å²) in [6, 6.07) is 3.22. The van der Waals surface area contributed by atoms with Gasteiger partial charge >= 0.3 is 0 Å². The number of hydrogen-bond acceptors (Lipinski definition) is 3. The van der Waals surface area contributed by atoms with Crippen LogP contribution in [0.4, 0.5) is 0 Å². The molecular formula is C14H19N3O3. The molecule has 1 aromatic heterocycles. The van der Waals surface area contributed by atoms with Crippen LogP contribution >= 0.6 is 0 Å². The Kier molecular flexibility index (Phi) is 3.73. The summed E-state index contributed by atoms with van der Waals surface area (Å²) in [5.41, 5.74) is 0.548. The van der Waals surface area contributed by atoms with Crippen molar-refractivity contribution in [1.29, 1.82) is 0 Å². The summed E-state index contributed by atoms with van der Waals surface area (Å²) in [7, 11) is 0. The number of amides is 2. The average molecular weight is 277 g/mol. The lowest BCUT2D eigenvalue weighted by molar-refractivity contribution is -0.139. The van der Waals surface area contributed by atoms with Gasteiger partial charge in [-0.2, -0.15) is 0 Å². The van der Waals surface area contributed by atoms with Gasteiger partial charge in [-0.3, -0.25) is 9.59 Å². The minimum atomic E-state index is -0.316. The molecule has 2 aliphatic heterocycles. The summed E-state index contributed by atoms with van der Waals surface area (Å²) in [5.74, 6) is -0.0233. The van der Waals surface area contributed by atoms with Gasteiger partial charge in [0.15, 0.2) is 0 Å².